The van der Waals surface area contributed by atoms with Crippen molar-refractivity contribution in [1.29, 1.82) is 0 Å². The lowest BCUT2D eigenvalue weighted by atomic mass is 10.2. The summed E-state index contributed by atoms with van der Waals surface area (Å²) in [6, 6.07) is 13.5. The Morgan fingerprint density at radius 1 is 0.966 bits per heavy atom. The van der Waals surface area contributed by atoms with Gasteiger partial charge >= 0.3 is 0 Å². The molecule has 8 heteroatoms. The maximum absolute atomic E-state index is 12.5. The SMILES string of the molecule is Cc1ccn(-c2ccc(N3CCN(C(=O)COc4ccccc4C)CC3)nn2)n1. The molecule has 150 valence electrons. The Hall–Kier alpha value is -3.42. The van der Waals surface area contributed by atoms with Crippen LogP contribution in [0.4, 0.5) is 5.82 Å². The van der Waals surface area contributed by atoms with Crippen molar-refractivity contribution in [2.75, 3.05) is 37.7 Å². The van der Waals surface area contributed by atoms with Crippen molar-refractivity contribution < 1.29 is 9.53 Å². The highest BCUT2D eigenvalue weighted by Crippen LogP contribution is 2.17. The number of aryl methyl sites for hydroxylation is 2. The highest BCUT2D eigenvalue weighted by molar-refractivity contribution is 5.78. The molecule has 2 aromatic heterocycles. The Morgan fingerprint density at radius 2 is 1.69 bits per heavy atom. The molecule has 29 heavy (non-hydrogen) atoms. The maximum atomic E-state index is 12.5. The number of carbonyl (C=O) groups excluding carboxylic acids is 1. The molecule has 1 fully saturated rings. The molecule has 0 atom stereocenters. The van der Waals surface area contributed by atoms with Gasteiger partial charge in [-0.3, -0.25) is 4.79 Å². The van der Waals surface area contributed by atoms with Gasteiger partial charge in [-0.2, -0.15) is 5.10 Å². The summed E-state index contributed by atoms with van der Waals surface area (Å²) in [5.74, 6) is 2.25. The highest BCUT2D eigenvalue weighted by atomic mass is 16.5. The summed E-state index contributed by atoms with van der Waals surface area (Å²) < 4.78 is 7.39. The van der Waals surface area contributed by atoms with Crippen LogP contribution in [0.5, 0.6) is 5.75 Å². The van der Waals surface area contributed by atoms with Crippen LogP contribution in [0.25, 0.3) is 5.82 Å². The van der Waals surface area contributed by atoms with Gasteiger partial charge in [-0.05, 0) is 43.7 Å². The van der Waals surface area contributed by atoms with Gasteiger partial charge in [0.05, 0.1) is 5.69 Å². The minimum Gasteiger partial charge on any atom is -0.484 e. The molecule has 0 unspecified atom stereocenters. The molecule has 0 saturated carbocycles. The molecule has 3 heterocycles. The molecule has 0 aliphatic carbocycles. The smallest absolute Gasteiger partial charge is 0.260 e. The van der Waals surface area contributed by atoms with Crippen molar-refractivity contribution >= 4 is 11.7 Å². The quantitative estimate of drug-likeness (QED) is 0.661. The summed E-state index contributed by atoms with van der Waals surface area (Å²) in [6.45, 7) is 6.66. The van der Waals surface area contributed by atoms with E-state index in [1.807, 2.05) is 67.4 Å². The average Bonchev–Trinajstić information content (AvgIpc) is 3.19. The monoisotopic (exact) mass is 392 g/mol. The summed E-state index contributed by atoms with van der Waals surface area (Å²) >= 11 is 0. The molecule has 4 rings (SSSR count). The van der Waals surface area contributed by atoms with E-state index in [9.17, 15) is 4.79 Å². The molecule has 0 bridgehead atoms. The summed E-state index contributed by atoms with van der Waals surface area (Å²) in [5.41, 5.74) is 1.96. The lowest BCUT2D eigenvalue weighted by Gasteiger charge is -2.35. The molecule has 0 N–H and O–H groups in total. The zero-order chi connectivity index (χ0) is 20.2. The summed E-state index contributed by atoms with van der Waals surface area (Å²) in [5, 5.41) is 12.9. The van der Waals surface area contributed by atoms with Gasteiger partial charge in [0, 0.05) is 32.4 Å². The lowest BCUT2D eigenvalue weighted by Crippen LogP contribution is -2.50. The highest BCUT2D eigenvalue weighted by Gasteiger charge is 2.22. The molecular formula is C21H24N6O2. The standard InChI is InChI=1S/C21H24N6O2/c1-16-5-3-4-6-18(16)29-15-21(28)26-13-11-25(12-14-26)19-7-8-20(23-22-19)27-10-9-17(2)24-27/h3-10H,11-15H2,1-2H3. The summed E-state index contributed by atoms with van der Waals surface area (Å²) in [4.78, 5) is 16.4. The number of benzene rings is 1. The molecule has 1 amide bonds. The minimum absolute atomic E-state index is 0.00314. The van der Waals surface area contributed by atoms with Crippen molar-refractivity contribution in [2.45, 2.75) is 13.8 Å². The van der Waals surface area contributed by atoms with Crippen LogP contribution < -0.4 is 9.64 Å². The number of para-hydroxylation sites is 1. The number of rotatable bonds is 5. The summed E-state index contributed by atoms with van der Waals surface area (Å²) in [6.07, 6.45) is 1.86. The number of hydrogen-bond donors (Lipinski definition) is 0. The van der Waals surface area contributed by atoms with Crippen LogP contribution in [0.15, 0.2) is 48.7 Å². The van der Waals surface area contributed by atoms with Crippen LogP contribution in [0.3, 0.4) is 0 Å². The average molecular weight is 392 g/mol. The number of ether oxygens (including phenoxy) is 1. The largest absolute Gasteiger partial charge is 0.484 e. The van der Waals surface area contributed by atoms with Crippen molar-refractivity contribution in [1.82, 2.24) is 24.9 Å². The van der Waals surface area contributed by atoms with Gasteiger partial charge in [0.1, 0.15) is 5.75 Å². The molecule has 3 aromatic rings. The van der Waals surface area contributed by atoms with Gasteiger partial charge < -0.3 is 14.5 Å². The first kappa shape index (κ1) is 18.9. The van der Waals surface area contributed by atoms with E-state index >= 15 is 0 Å². The molecule has 1 saturated heterocycles. The van der Waals surface area contributed by atoms with E-state index in [4.69, 9.17) is 4.74 Å². The Labute approximate surface area is 169 Å². The number of nitrogens with zero attached hydrogens (tertiary/aromatic N) is 6. The van der Waals surface area contributed by atoms with Crippen LogP contribution in [0, 0.1) is 13.8 Å². The zero-order valence-corrected chi connectivity index (χ0v) is 16.7. The van der Waals surface area contributed by atoms with Gasteiger partial charge in [-0.25, -0.2) is 4.68 Å². The summed E-state index contributed by atoms with van der Waals surface area (Å²) in [7, 11) is 0. The number of hydrogen-bond acceptors (Lipinski definition) is 6. The van der Waals surface area contributed by atoms with E-state index in [1.165, 1.54) is 0 Å². The third kappa shape index (κ3) is 4.37. The number of anilines is 1. The van der Waals surface area contributed by atoms with Crippen molar-refractivity contribution in [3.05, 3.63) is 59.9 Å². The van der Waals surface area contributed by atoms with Crippen LogP contribution >= 0.6 is 0 Å². The molecule has 1 aromatic carbocycles. The van der Waals surface area contributed by atoms with Crippen LogP contribution in [-0.4, -0.2) is 63.6 Å². The van der Waals surface area contributed by atoms with Crippen LogP contribution in [0.1, 0.15) is 11.3 Å². The topological polar surface area (TPSA) is 76.4 Å². The third-order valence-electron chi connectivity index (χ3n) is 4.99. The third-order valence-corrected chi connectivity index (χ3v) is 4.99. The molecule has 0 spiro atoms. The fourth-order valence-corrected chi connectivity index (χ4v) is 3.29. The first-order valence-electron chi connectivity index (χ1n) is 9.68. The predicted octanol–water partition coefficient (Wildman–Crippen LogP) is 2.01. The normalized spacial score (nSPS) is 14.1. The Morgan fingerprint density at radius 3 is 2.34 bits per heavy atom. The first-order valence-corrected chi connectivity index (χ1v) is 9.68. The molecule has 1 aliphatic heterocycles. The van der Waals surface area contributed by atoms with E-state index in [-0.39, 0.29) is 12.5 Å². The molecule has 0 radical (unpaired) electrons. The number of amides is 1. The first-order chi connectivity index (χ1) is 14.1. The van der Waals surface area contributed by atoms with Gasteiger partial charge in [-0.15, -0.1) is 10.2 Å². The van der Waals surface area contributed by atoms with Crippen LogP contribution in [0.2, 0.25) is 0 Å². The second-order valence-electron chi connectivity index (χ2n) is 7.07. The molecule has 8 nitrogen and oxygen atoms in total. The van der Waals surface area contributed by atoms with Gasteiger partial charge in [0.25, 0.3) is 5.91 Å². The van der Waals surface area contributed by atoms with E-state index in [0.29, 0.717) is 32.0 Å². The fraction of sp³-hybridized carbons (Fsp3) is 0.333. The Bertz CT molecular complexity index is 977. The predicted molar refractivity (Wildman–Crippen MR) is 109 cm³/mol. The van der Waals surface area contributed by atoms with Gasteiger partial charge in [-0.1, -0.05) is 18.2 Å². The van der Waals surface area contributed by atoms with Crippen molar-refractivity contribution in [3.63, 3.8) is 0 Å². The maximum Gasteiger partial charge on any atom is 0.260 e. The van der Waals surface area contributed by atoms with E-state index in [1.54, 1.807) is 4.68 Å². The molecular weight excluding hydrogens is 368 g/mol. The minimum atomic E-state index is 0.00314. The van der Waals surface area contributed by atoms with E-state index in [2.05, 4.69) is 20.2 Å². The Kier molecular flexibility index (Phi) is 5.41. The van der Waals surface area contributed by atoms with Crippen molar-refractivity contribution in [3.8, 4) is 11.6 Å². The zero-order valence-electron chi connectivity index (χ0n) is 16.7. The number of piperazine rings is 1. The molecule has 1 aliphatic rings. The second-order valence-corrected chi connectivity index (χ2v) is 7.07. The van der Waals surface area contributed by atoms with Crippen LogP contribution in [-0.2, 0) is 4.79 Å². The van der Waals surface area contributed by atoms with E-state index in [0.717, 1.165) is 22.8 Å². The second kappa shape index (κ2) is 8.30. The Balaban J connectivity index is 1.30. The number of carbonyl (C=O) groups is 1. The van der Waals surface area contributed by atoms with E-state index < -0.39 is 0 Å². The van der Waals surface area contributed by atoms with Gasteiger partial charge in [0.15, 0.2) is 18.2 Å². The fourth-order valence-electron chi connectivity index (χ4n) is 3.29. The van der Waals surface area contributed by atoms with Crippen molar-refractivity contribution in [2.24, 2.45) is 0 Å². The lowest BCUT2D eigenvalue weighted by molar-refractivity contribution is -0.133. The number of aromatic nitrogens is 4. The van der Waals surface area contributed by atoms with Gasteiger partial charge in [0.2, 0.25) is 0 Å².